The number of rotatable bonds is 6. The highest BCUT2D eigenvalue weighted by molar-refractivity contribution is 7.91. The Kier molecular flexibility index (Phi) is 6.14. The van der Waals surface area contributed by atoms with E-state index in [9.17, 15) is 13.2 Å². The van der Waals surface area contributed by atoms with Crippen LogP contribution in [0.15, 0.2) is 29.2 Å². The summed E-state index contributed by atoms with van der Waals surface area (Å²) < 4.78 is 24.5. The third-order valence-electron chi connectivity index (χ3n) is 3.55. The van der Waals surface area contributed by atoms with Gasteiger partial charge in [0.15, 0.2) is 9.84 Å². The normalized spacial score (nSPS) is 13.7. The smallest absolute Gasteiger partial charge is 0.224 e. The fraction of sp³-hybridized carbons (Fsp3) is 0.562. The molecule has 1 rings (SSSR count). The van der Waals surface area contributed by atoms with E-state index in [1.807, 2.05) is 12.1 Å². The van der Waals surface area contributed by atoms with E-state index in [0.717, 1.165) is 5.56 Å². The van der Waals surface area contributed by atoms with Gasteiger partial charge in [-0.15, -0.1) is 0 Å². The molecule has 0 aliphatic heterocycles. The maximum Gasteiger partial charge on any atom is 0.224 e. The van der Waals surface area contributed by atoms with Crippen LogP contribution in [0.4, 0.5) is 0 Å². The minimum absolute atomic E-state index is 0.0192. The first-order valence-electron chi connectivity index (χ1n) is 7.39. The summed E-state index contributed by atoms with van der Waals surface area (Å²) in [5, 5.41) is 2.60. The summed E-state index contributed by atoms with van der Waals surface area (Å²) in [5.41, 5.74) is 6.45. The minimum atomic E-state index is -3.40. The van der Waals surface area contributed by atoms with Gasteiger partial charge in [0.1, 0.15) is 0 Å². The lowest BCUT2D eigenvalue weighted by atomic mass is 9.87. The molecule has 1 aromatic rings. The maximum atomic E-state index is 12.2. The maximum absolute atomic E-state index is 12.2. The molecule has 124 valence electrons. The number of nitrogens with two attached hydrogens (primary N) is 1. The van der Waals surface area contributed by atoms with E-state index in [2.05, 4.69) is 26.1 Å². The molecular weight excluding hydrogens is 300 g/mol. The van der Waals surface area contributed by atoms with Crippen LogP contribution in [0.1, 0.15) is 33.3 Å². The number of amides is 1. The number of carbonyl (C=O) groups excluding carboxylic acids is 1. The van der Waals surface area contributed by atoms with Crippen molar-refractivity contribution >= 4 is 15.7 Å². The number of hydrogen-bond acceptors (Lipinski definition) is 4. The van der Waals surface area contributed by atoms with E-state index in [0.29, 0.717) is 0 Å². The Hall–Kier alpha value is -1.40. The first kappa shape index (κ1) is 18.6. The third kappa shape index (κ3) is 5.10. The van der Waals surface area contributed by atoms with Crippen LogP contribution >= 0.6 is 0 Å². The number of benzene rings is 1. The molecule has 6 heteroatoms. The van der Waals surface area contributed by atoms with Crippen LogP contribution in [-0.2, 0) is 20.0 Å². The second kappa shape index (κ2) is 7.24. The molecule has 0 aromatic heterocycles. The van der Waals surface area contributed by atoms with Crippen LogP contribution in [0, 0.1) is 5.92 Å². The summed E-state index contributed by atoms with van der Waals surface area (Å²) in [4.78, 5) is 11.8. The molecule has 0 radical (unpaired) electrons. The monoisotopic (exact) mass is 326 g/mol. The zero-order valence-electron chi connectivity index (χ0n) is 13.7. The van der Waals surface area contributed by atoms with Crippen molar-refractivity contribution in [2.45, 2.75) is 38.0 Å². The van der Waals surface area contributed by atoms with Gasteiger partial charge in [-0.3, -0.25) is 4.79 Å². The van der Waals surface area contributed by atoms with E-state index in [1.54, 1.807) is 19.1 Å². The van der Waals surface area contributed by atoms with Crippen LogP contribution < -0.4 is 11.1 Å². The number of sulfone groups is 1. The zero-order valence-corrected chi connectivity index (χ0v) is 14.5. The Morgan fingerprint density at radius 3 is 2.23 bits per heavy atom. The van der Waals surface area contributed by atoms with Gasteiger partial charge < -0.3 is 11.1 Å². The highest BCUT2D eigenvalue weighted by Crippen LogP contribution is 2.23. The molecule has 0 saturated carbocycles. The molecular formula is C16H26N2O3S. The predicted octanol–water partition coefficient (Wildman–Crippen LogP) is 1.47. The third-order valence-corrected chi connectivity index (χ3v) is 5.28. The zero-order chi connectivity index (χ0) is 17.0. The van der Waals surface area contributed by atoms with Crippen LogP contribution in [0.5, 0.6) is 0 Å². The summed E-state index contributed by atoms with van der Waals surface area (Å²) in [6, 6.07) is 6.92. The quantitative estimate of drug-likeness (QED) is 0.828. The standard InChI is InChI=1S/C16H26N2O3S/c1-12(11-17)15(19)18-9-10-22(20,21)14-7-5-13(6-8-14)16(2,3)4/h5-8,12H,9-11,17H2,1-4H3,(H,18,19). The predicted molar refractivity (Wildman–Crippen MR) is 88.4 cm³/mol. The fourth-order valence-corrected chi connectivity index (χ4v) is 3.03. The summed E-state index contributed by atoms with van der Waals surface area (Å²) in [5.74, 6) is -0.653. The van der Waals surface area contributed by atoms with E-state index in [-0.39, 0.29) is 41.0 Å². The molecule has 0 aliphatic carbocycles. The molecule has 1 unspecified atom stereocenters. The van der Waals surface area contributed by atoms with Crippen LogP contribution in [0.2, 0.25) is 0 Å². The van der Waals surface area contributed by atoms with Crippen molar-refractivity contribution in [2.75, 3.05) is 18.8 Å². The molecule has 1 amide bonds. The molecule has 22 heavy (non-hydrogen) atoms. The molecule has 1 atom stereocenters. The van der Waals surface area contributed by atoms with Gasteiger partial charge in [-0.25, -0.2) is 8.42 Å². The topological polar surface area (TPSA) is 89.3 Å². The number of hydrogen-bond donors (Lipinski definition) is 2. The Bertz CT molecular complexity index is 601. The lowest BCUT2D eigenvalue weighted by Gasteiger charge is -2.19. The first-order chi connectivity index (χ1) is 10.1. The summed E-state index contributed by atoms with van der Waals surface area (Å²) in [6.45, 7) is 8.26. The molecule has 0 heterocycles. The van der Waals surface area contributed by atoms with E-state index < -0.39 is 9.84 Å². The van der Waals surface area contributed by atoms with E-state index in [4.69, 9.17) is 5.73 Å². The van der Waals surface area contributed by atoms with Crippen molar-refractivity contribution in [3.05, 3.63) is 29.8 Å². The van der Waals surface area contributed by atoms with Crippen LogP contribution in [0.25, 0.3) is 0 Å². The van der Waals surface area contributed by atoms with Crippen molar-refractivity contribution < 1.29 is 13.2 Å². The summed E-state index contributed by atoms with van der Waals surface area (Å²) in [6.07, 6.45) is 0. The number of carbonyl (C=O) groups is 1. The second-order valence-corrected chi connectivity index (χ2v) is 8.63. The average molecular weight is 326 g/mol. The van der Waals surface area contributed by atoms with Gasteiger partial charge in [0.2, 0.25) is 5.91 Å². The van der Waals surface area contributed by atoms with Gasteiger partial charge >= 0.3 is 0 Å². The SMILES string of the molecule is CC(CN)C(=O)NCCS(=O)(=O)c1ccc(C(C)(C)C)cc1. The Morgan fingerprint density at radius 1 is 1.23 bits per heavy atom. The largest absolute Gasteiger partial charge is 0.355 e. The van der Waals surface area contributed by atoms with Gasteiger partial charge in [-0.05, 0) is 23.1 Å². The Labute approximate surface area is 133 Å². The lowest BCUT2D eigenvalue weighted by molar-refractivity contribution is -0.124. The van der Waals surface area contributed by atoms with Crippen molar-refractivity contribution in [3.8, 4) is 0 Å². The van der Waals surface area contributed by atoms with E-state index >= 15 is 0 Å². The molecule has 0 bridgehead atoms. The van der Waals surface area contributed by atoms with E-state index in [1.165, 1.54) is 0 Å². The molecule has 0 aliphatic rings. The average Bonchev–Trinajstić information content (AvgIpc) is 2.45. The van der Waals surface area contributed by atoms with Gasteiger partial charge in [-0.2, -0.15) is 0 Å². The first-order valence-corrected chi connectivity index (χ1v) is 9.04. The van der Waals surface area contributed by atoms with Gasteiger partial charge in [-0.1, -0.05) is 39.8 Å². The summed E-state index contributed by atoms with van der Waals surface area (Å²) >= 11 is 0. The fourth-order valence-electron chi connectivity index (χ4n) is 1.87. The van der Waals surface area contributed by atoms with Gasteiger partial charge in [0, 0.05) is 19.0 Å². The van der Waals surface area contributed by atoms with Crippen molar-refractivity contribution in [1.29, 1.82) is 0 Å². The number of nitrogens with one attached hydrogen (secondary N) is 1. The highest BCUT2D eigenvalue weighted by atomic mass is 32.2. The van der Waals surface area contributed by atoms with Gasteiger partial charge in [0.25, 0.3) is 0 Å². The lowest BCUT2D eigenvalue weighted by Crippen LogP contribution is -2.36. The summed E-state index contributed by atoms with van der Waals surface area (Å²) in [7, 11) is -3.40. The van der Waals surface area contributed by atoms with Crippen LogP contribution in [-0.4, -0.2) is 33.2 Å². The van der Waals surface area contributed by atoms with Crippen LogP contribution in [0.3, 0.4) is 0 Å². The van der Waals surface area contributed by atoms with Crippen molar-refractivity contribution in [2.24, 2.45) is 11.7 Å². The Balaban J connectivity index is 2.69. The Morgan fingerprint density at radius 2 is 1.77 bits per heavy atom. The molecule has 0 spiro atoms. The van der Waals surface area contributed by atoms with Crippen molar-refractivity contribution in [3.63, 3.8) is 0 Å². The molecule has 0 saturated heterocycles. The minimum Gasteiger partial charge on any atom is -0.355 e. The van der Waals surface area contributed by atoms with Crippen molar-refractivity contribution in [1.82, 2.24) is 5.32 Å². The second-order valence-electron chi connectivity index (χ2n) is 6.52. The highest BCUT2D eigenvalue weighted by Gasteiger charge is 2.18. The van der Waals surface area contributed by atoms with Gasteiger partial charge in [0.05, 0.1) is 10.6 Å². The molecule has 3 N–H and O–H groups in total. The molecule has 0 fully saturated rings. The molecule has 1 aromatic carbocycles. The molecule has 5 nitrogen and oxygen atoms in total.